The van der Waals surface area contributed by atoms with E-state index >= 15 is 0 Å². The van der Waals surface area contributed by atoms with Gasteiger partial charge in [0.2, 0.25) is 0 Å². The molecule has 1 atom stereocenters. The number of halogens is 1. The van der Waals surface area contributed by atoms with Crippen LogP contribution in [0.5, 0.6) is 5.75 Å². The second-order valence-electron chi connectivity index (χ2n) is 4.44. The Kier molecular flexibility index (Phi) is 4.83. The lowest BCUT2D eigenvalue weighted by molar-refractivity contribution is 0.401. The van der Waals surface area contributed by atoms with E-state index in [0.717, 1.165) is 28.4 Å². The normalized spacial score (nSPS) is 12.2. The first kappa shape index (κ1) is 13.9. The molecule has 0 aliphatic carbocycles. The fourth-order valence-electron chi connectivity index (χ4n) is 2.04. The lowest BCUT2D eigenvalue weighted by Crippen LogP contribution is -2.18. The molecule has 0 saturated heterocycles. The van der Waals surface area contributed by atoms with E-state index in [1.54, 1.807) is 7.11 Å². The zero-order chi connectivity index (χ0) is 13.7. The summed E-state index contributed by atoms with van der Waals surface area (Å²) in [6.45, 7) is 2.85. The van der Waals surface area contributed by atoms with E-state index in [1.165, 1.54) is 0 Å². The molecule has 0 unspecified atom stereocenters. The van der Waals surface area contributed by atoms with E-state index in [-0.39, 0.29) is 6.04 Å². The van der Waals surface area contributed by atoms with Crippen molar-refractivity contribution in [3.63, 3.8) is 0 Å². The molecule has 0 spiro atoms. The quantitative estimate of drug-likeness (QED) is 0.883. The molecule has 3 heteroatoms. The fourth-order valence-corrected chi connectivity index (χ4v) is 2.24. The monoisotopic (exact) mass is 275 g/mol. The summed E-state index contributed by atoms with van der Waals surface area (Å²) in [5.74, 6) is 0.904. The number of methoxy groups -OCH3 is 1. The number of hydrogen-bond donors (Lipinski definition) is 1. The van der Waals surface area contributed by atoms with Gasteiger partial charge >= 0.3 is 0 Å². The molecule has 1 N–H and O–H groups in total. The van der Waals surface area contributed by atoms with Gasteiger partial charge in [-0.2, -0.15) is 0 Å². The van der Waals surface area contributed by atoms with Crippen molar-refractivity contribution in [3.05, 3.63) is 64.7 Å². The number of hydrogen-bond acceptors (Lipinski definition) is 2. The van der Waals surface area contributed by atoms with Crippen LogP contribution < -0.4 is 10.1 Å². The predicted molar refractivity (Wildman–Crippen MR) is 79.7 cm³/mol. The molecule has 2 rings (SSSR count). The number of nitrogens with one attached hydrogen (secondary N) is 1. The number of benzene rings is 2. The molecule has 0 amide bonds. The average molecular weight is 276 g/mol. The Hall–Kier alpha value is -1.51. The van der Waals surface area contributed by atoms with E-state index < -0.39 is 0 Å². The first-order valence-electron chi connectivity index (χ1n) is 6.32. The molecular weight excluding hydrogens is 258 g/mol. The van der Waals surface area contributed by atoms with Gasteiger partial charge in [-0.05, 0) is 24.6 Å². The summed E-state index contributed by atoms with van der Waals surface area (Å²) >= 11 is 6.15. The molecule has 2 aromatic rings. The van der Waals surface area contributed by atoms with Gasteiger partial charge in [-0.1, -0.05) is 48.0 Å². The summed E-state index contributed by atoms with van der Waals surface area (Å²) < 4.78 is 5.38. The van der Waals surface area contributed by atoms with Crippen molar-refractivity contribution >= 4 is 11.6 Å². The van der Waals surface area contributed by atoms with Crippen molar-refractivity contribution in [3.8, 4) is 5.75 Å². The van der Waals surface area contributed by atoms with E-state index in [9.17, 15) is 0 Å². The first-order valence-corrected chi connectivity index (χ1v) is 6.70. The Morgan fingerprint density at radius 2 is 1.79 bits per heavy atom. The summed E-state index contributed by atoms with van der Waals surface area (Å²) in [6.07, 6.45) is 0. The van der Waals surface area contributed by atoms with Gasteiger partial charge in [-0.25, -0.2) is 0 Å². The lowest BCUT2D eigenvalue weighted by atomic mass is 10.1. The van der Waals surface area contributed by atoms with E-state index in [2.05, 4.69) is 18.3 Å². The highest BCUT2D eigenvalue weighted by molar-refractivity contribution is 6.31. The molecule has 0 aliphatic rings. The lowest BCUT2D eigenvalue weighted by Gasteiger charge is -2.17. The van der Waals surface area contributed by atoms with E-state index in [0.29, 0.717) is 0 Å². The van der Waals surface area contributed by atoms with Crippen molar-refractivity contribution in [1.29, 1.82) is 0 Å². The van der Waals surface area contributed by atoms with Gasteiger partial charge in [0.05, 0.1) is 7.11 Å². The van der Waals surface area contributed by atoms with Crippen LogP contribution in [0.3, 0.4) is 0 Å². The van der Waals surface area contributed by atoms with Gasteiger partial charge in [0.15, 0.2) is 0 Å². The van der Waals surface area contributed by atoms with Crippen LogP contribution in [0.1, 0.15) is 24.1 Å². The van der Waals surface area contributed by atoms with Gasteiger partial charge in [0.25, 0.3) is 0 Å². The molecule has 0 saturated carbocycles. The smallest absolute Gasteiger partial charge is 0.123 e. The summed E-state index contributed by atoms with van der Waals surface area (Å²) in [7, 11) is 1.69. The second-order valence-corrected chi connectivity index (χ2v) is 4.84. The minimum Gasteiger partial charge on any atom is -0.496 e. The van der Waals surface area contributed by atoms with Crippen LogP contribution in [0.15, 0.2) is 48.5 Å². The Morgan fingerprint density at radius 3 is 2.53 bits per heavy atom. The Balaban J connectivity index is 2.05. The molecule has 2 aromatic carbocycles. The maximum absolute atomic E-state index is 6.15. The molecule has 2 nitrogen and oxygen atoms in total. The second kappa shape index (κ2) is 6.60. The Morgan fingerprint density at radius 1 is 1.11 bits per heavy atom. The maximum Gasteiger partial charge on any atom is 0.123 e. The standard InChI is InChI=1S/C16H18ClNO/c1-12(14-8-4-6-10-16(14)19-2)18-11-13-7-3-5-9-15(13)17/h3-10,12,18H,11H2,1-2H3/t12-/m0/s1. The Bertz CT molecular complexity index is 542. The molecule has 0 aromatic heterocycles. The van der Waals surface area contributed by atoms with Crippen LogP contribution in [-0.4, -0.2) is 7.11 Å². The molecule has 0 radical (unpaired) electrons. The molecule has 0 fully saturated rings. The SMILES string of the molecule is COc1ccccc1[C@H](C)NCc1ccccc1Cl. The van der Waals surface area contributed by atoms with Crippen molar-refractivity contribution in [2.75, 3.05) is 7.11 Å². The van der Waals surface area contributed by atoms with Crippen LogP contribution in [0.2, 0.25) is 5.02 Å². The topological polar surface area (TPSA) is 21.3 Å². The number of rotatable bonds is 5. The third-order valence-electron chi connectivity index (χ3n) is 3.16. The molecule has 0 heterocycles. The summed E-state index contributed by atoms with van der Waals surface area (Å²) in [5, 5.41) is 4.26. The summed E-state index contributed by atoms with van der Waals surface area (Å²) in [6, 6.07) is 16.1. The van der Waals surface area contributed by atoms with Gasteiger partial charge < -0.3 is 10.1 Å². The highest BCUT2D eigenvalue weighted by Crippen LogP contribution is 2.25. The average Bonchev–Trinajstić information content (AvgIpc) is 2.46. The Labute approximate surface area is 119 Å². The largest absolute Gasteiger partial charge is 0.496 e. The fraction of sp³-hybridized carbons (Fsp3) is 0.250. The molecule has 0 aliphatic heterocycles. The number of ether oxygens (including phenoxy) is 1. The van der Waals surface area contributed by atoms with Crippen LogP contribution in [0, 0.1) is 0 Å². The number of para-hydroxylation sites is 1. The van der Waals surface area contributed by atoms with Crippen molar-refractivity contribution in [2.45, 2.75) is 19.5 Å². The summed E-state index contributed by atoms with van der Waals surface area (Å²) in [4.78, 5) is 0. The highest BCUT2D eigenvalue weighted by Gasteiger charge is 2.10. The maximum atomic E-state index is 6.15. The van der Waals surface area contributed by atoms with E-state index in [1.807, 2.05) is 42.5 Å². The van der Waals surface area contributed by atoms with Crippen molar-refractivity contribution in [2.24, 2.45) is 0 Å². The zero-order valence-corrected chi connectivity index (χ0v) is 11.9. The van der Waals surface area contributed by atoms with Gasteiger partial charge in [0.1, 0.15) is 5.75 Å². The summed E-state index contributed by atoms with van der Waals surface area (Å²) in [5.41, 5.74) is 2.25. The van der Waals surface area contributed by atoms with Gasteiger partial charge in [0, 0.05) is 23.2 Å². The van der Waals surface area contributed by atoms with Gasteiger partial charge in [-0.15, -0.1) is 0 Å². The van der Waals surface area contributed by atoms with Crippen LogP contribution in [0.4, 0.5) is 0 Å². The molecular formula is C16H18ClNO. The third kappa shape index (κ3) is 3.49. The van der Waals surface area contributed by atoms with Crippen LogP contribution >= 0.6 is 11.6 Å². The van der Waals surface area contributed by atoms with Crippen molar-refractivity contribution < 1.29 is 4.74 Å². The van der Waals surface area contributed by atoms with Crippen LogP contribution in [0.25, 0.3) is 0 Å². The zero-order valence-electron chi connectivity index (χ0n) is 11.2. The molecule has 19 heavy (non-hydrogen) atoms. The van der Waals surface area contributed by atoms with Crippen LogP contribution in [-0.2, 0) is 6.54 Å². The minimum absolute atomic E-state index is 0.201. The third-order valence-corrected chi connectivity index (χ3v) is 3.53. The molecule has 100 valence electrons. The van der Waals surface area contributed by atoms with Gasteiger partial charge in [-0.3, -0.25) is 0 Å². The first-order chi connectivity index (χ1) is 9.22. The molecule has 0 bridgehead atoms. The highest BCUT2D eigenvalue weighted by atomic mass is 35.5. The van der Waals surface area contributed by atoms with Crippen molar-refractivity contribution in [1.82, 2.24) is 5.32 Å². The van der Waals surface area contributed by atoms with E-state index in [4.69, 9.17) is 16.3 Å². The minimum atomic E-state index is 0.201. The predicted octanol–water partition coefficient (Wildman–Crippen LogP) is 4.20.